The molecule has 3 rings (SSSR count). The van der Waals surface area contributed by atoms with Gasteiger partial charge in [0.25, 0.3) is 0 Å². The lowest BCUT2D eigenvalue weighted by molar-refractivity contribution is 0.355. The van der Waals surface area contributed by atoms with E-state index in [1.807, 2.05) is 50.2 Å². The van der Waals surface area contributed by atoms with Crippen LogP contribution in [-0.2, 0) is 0 Å². The summed E-state index contributed by atoms with van der Waals surface area (Å²) in [6, 6.07) is 11.6. The Morgan fingerprint density at radius 2 is 1.62 bits per heavy atom. The Hall–Kier alpha value is -3.35. The van der Waals surface area contributed by atoms with Gasteiger partial charge in [0, 0.05) is 17.4 Å². The van der Waals surface area contributed by atoms with Gasteiger partial charge in [-0.05, 0) is 37.1 Å². The minimum absolute atomic E-state index is 0.383. The Bertz CT molecular complexity index is 894. The van der Waals surface area contributed by atoms with Crippen molar-refractivity contribution in [3.63, 3.8) is 0 Å². The van der Waals surface area contributed by atoms with Crippen molar-refractivity contribution in [3.05, 3.63) is 53.7 Å². The molecule has 0 atom stereocenters. The number of benzene rings is 2. The van der Waals surface area contributed by atoms with Crippen LogP contribution in [0, 0.1) is 13.8 Å². The lowest BCUT2D eigenvalue weighted by atomic mass is 10.1. The largest absolute Gasteiger partial charge is 0.493 e. The topological polar surface area (TPSA) is 81.2 Å². The van der Waals surface area contributed by atoms with Crippen LogP contribution in [0.4, 0.5) is 23.1 Å². The number of nitrogens with one attached hydrogen (secondary N) is 2. The first-order chi connectivity index (χ1) is 12.6. The molecule has 7 nitrogen and oxygen atoms in total. The number of nitrogens with zero attached hydrogens (tertiary/aromatic N) is 3. The lowest BCUT2D eigenvalue weighted by Gasteiger charge is -2.13. The number of methoxy groups -OCH3 is 2. The summed E-state index contributed by atoms with van der Waals surface area (Å²) < 4.78 is 10.6. The summed E-state index contributed by atoms with van der Waals surface area (Å²) in [6.45, 7) is 4.10. The van der Waals surface area contributed by atoms with Crippen LogP contribution in [0.15, 0.2) is 42.6 Å². The highest BCUT2D eigenvalue weighted by Gasteiger charge is 2.08. The molecule has 1 aromatic heterocycles. The molecule has 0 amide bonds. The van der Waals surface area contributed by atoms with Gasteiger partial charge >= 0.3 is 0 Å². The fourth-order valence-corrected chi connectivity index (χ4v) is 2.60. The lowest BCUT2D eigenvalue weighted by Crippen LogP contribution is -2.04. The molecule has 0 aliphatic carbocycles. The Morgan fingerprint density at radius 1 is 0.885 bits per heavy atom. The Morgan fingerprint density at radius 3 is 2.31 bits per heavy atom. The van der Waals surface area contributed by atoms with Crippen molar-refractivity contribution in [3.8, 4) is 11.5 Å². The minimum Gasteiger partial charge on any atom is -0.493 e. The third-order valence-electron chi connectivity index (χ3n) is 3.93. The number of ether oxygens (including phenoxy) is 2. The van der Waals surface area contributed by atoms with Crippen molar-refractivity contribution in [2.45, 2.75) is 13.8 Å². The molecule has 0 spiro atoms. The maximum atomic E-state index is 5.31. The van der Waals surface area contributed by atoms with E-state index in [-0.39, 0.29) is 0 Å². The molecule has 2 aromatic carbocycles. The molecule has 0 unspecified atom stereocenters. The Labute approximate surface area is 152 Å². The quantitative estimate of drug-likeness (QED) is 0.695. The summed E-state index contributed by atoms with van der Waals surface area (Å²) in [5, 5.41) is 14.5. The second kappa shape index (κ2) is 7.69. The molecule has 0 aliphatic heterocycles. The van der Waals surface area contributed by atoms with Crippen molar-refractivity contribution in [2.75, 3.05) is 24.9 Å². The van der Waals surface area contributed by atoms with Crippen LogP contribution in [0.1, 0.15) is 11.1 Å². The number of para-hydroxylation sites is 1. The highest BCUT2D eigenvalue weighted by molar-refractivity contribution is 5.65. The van der Waals surface area contributed by atoms with Gasteiger partial charge in [0.2, 0.25) is 5.95 Å². The smallest absolute Gasteiger partial charge is 0.249 e. The fourth-order valence-electron chi connectivity index (χ4n) is 2.60. The van der Waals surface area contributed by atoms with E-state index in [9.17, 15) is 0 Å². The Kier molecular flexibility index (Phi) is 5.17. The van der Waals surface area contributed by atoms with Gasteiger partial charge in [0.1, 0.15) is 0 Å². The van der Waals surface area contributed by atoms with E-state index in [1.54, 1.807) is 20.4 Å². The van der Waals surface area contributed by atoms with E-state index in [2.05, 4.69) is 25.8 Å². The molecule has 0 aliphatic rings. The normalized spacial score (nSPS) is 10.3. The first-order valence-electron chi connectivity index (χ1n) is 8.12. The van der Waals surface area contributed by atoms with E-state index in [4.69, 9.17) is 9.47 Å². The maximum Gasteiger partial charge on any atom is 0.249 e. The molecule has 134 valence electrons. The van der Waals surface area contributed by atoms with Crippen molar-refractivity contribution in [1.29, 1.82) is 0 Å². The van der Waals surface area contributed by atoms with Gasteiger partial charge in [0.05, 0.1) is 20.4 Å². The van der Waals surface area contributed by atoms with Crippen LogP contribution in [0.5, 0.6) is 11.5 Å². The van der Waals surface area contributed by atoms with Crippen molar-refractivity contribution < 1.29 is 9.47 Å². The third-order valence-corrected chi connectivity index (χ3v) is 3.93. The number of anilines is 4. The zero-order valence-corrected chi connectivity index (χ0v) is 15.2. The number of hydrogen-bond donors (Lipinski definition) is 2. The van der Waals surface area contributed by atoms with Crippen LogP contribution >= 0.6 is 0 Å². The van der Waals surface area contributed by atoms with Crippen molar-refractivity contribution >= 4 is 23.1 Å². The second-order valence-electron chi connectivity index (χ2n) is 5.75. The number of aryl methyl sites for hydroxylation is 2. The summed E-state index contributed by atoms with van der Waals surface area (Å²) in [5.41, 5.74) is 4.06. The minimum atomic E-state index is 0.383. The molecule has 0 fully saturated rings. The second-order valence-corrected chi connectivity index (χ2v) is 5.75. The average molecular weight is 351 g/mol. The van der Waals surface area contributed by atoms with Crippen LogP contribution in [0.25, 0.3) is 0 Å². The van der Waals surface area contributed by atoms with E-state index in [0.29, 0.717) is 23.3 Å². The van der Waals surface area contributed by atoms with Gasteiger partial charge in [-0.3, -0.25) is 0 Å². The maximum absolute atomic E-state index is 5.31. The molecule has 26 heavy (non-hydrogen) atoms. The highest BCUT2D eigenvalue weighted by atomic mass is 16.5. The van der Waals surface area contributed by atoms with Gasteiger partial charge in [-0.15, -0.1) is 5.10 Å². The molecule has 0 saturated heterocycles. The molecular weight excluding hydrogens is 330 g/mol. The predicted octanol–water partition coefficient (Wildman–Crippen LogP) is 3.99. The first-order valence-corrected chi connectivity index (χ1v) is 8.12. The van der Waals surface area contributed by atoms with Gasteiger partial charge in [0.15, 0.2) is 17.3 Å². The SMILES string of the molecule is COc1ccc(Nc2nncc(Nc3c(C)cccc3C)n2)cc1OC. The molecule has 7 heteroatoms. The van der Waals surface area contributed by atoms with Crippen LogP contribution < -0.4 is 20.1 Å². The average Bonchev–Trinajstić information content (AvgIpc) is 2.65. The van der Waals surface area contributed by atoms with Crippen LogP contribution in [0.2, 0.25) is 0 Å². The van der Waals surface area contributed by atoms with Crippen LogP contribution in [0.3, 0.4) is 0 Å². The summed E-state index contributed by atoms with van der Waals surface area (Å²) in [5.74, 6) is 2.27. The van der Waals surface area contributed by atoms with Gasteiger partial charge in [-0.1, -0.05) is 18.2 Å². The summed E-state index contributed by atoms with van der Waals surface area (Å²) in [7, 11) is 3.19. The van der Waals surface area contributed by atoms with E-state index in [0.717, 1.165) is 22.5 Å². The number of aromatic nitrogens is 3. The molecule has 0 radical (unpaired) electrons. The predicted molar refractivity (Wildman–Crippen MR) is 102 cm³/mol. The van der Waals surface area contributed by atoms with Crippen molar-refractivity contribution in [1.82, 2.24) is 15.2 Å². The molecule has 0 bridgehead atoms. The van der Waals surface area contributed by atoms with E-state index in [1.165, 1.54) is 0 Å². The Balaban J connectivity index is 1.82. The number of hydrogen-bond acceptors (Lipinski definition) is 7. The third kappa shape index (κ3) is 3.83. The molecule has 0 saturated carbocycles. The fraction of sp³-hybridized carbons (Fsp3) is 0.211. The first kappa shape index (κ1) is 17.5. The van der Waals surface area contributed by atoms with Gasteiger partial charge < -0.3 is 20.1 Å². The highest BCUT2D eigenvalue weighted by Crippen LogP contribution is 2.30. The molecular formula is C19H21N5O2. The standard InChI is InChI=1S/C19H21N5O2/c1-12-6-5-7-13(2)18(12)22-17-11-20-24-19(23-17)21-14-8-9-15(25-3)16(10-14)26-4/h5-11H,1-4H3,(H2,21,22,23,24). The summed E-state index contributed by atoms with van der Waals surface area (Å²) in [4.78, 5) is 4.48. The van der Waals surface area contributed by atoms with Gasteiger partial charge in [-0.25, -0.2) is 0 Å². The zero-order valence-electron chi connectivity index (χ0n) is 15.2. The van der Waals surface area contributed by atoms with E-state index >= 15 is 0 Å². The molecule has 2 N–H and O–H groups in total. The molecule has 1 heterocycles. The summed E-state index contributed by atoms with van der Waals surface area (Å²) in [6.07, 6.45) is 1.59. The van der Waals surface area contributed by atoms with Gasteiger partial charge in [-0.2, -0.15) is 10.1 Å². The molecule has 3 aromatic rings. The van der Waals surface area contributed by atoms with E-state index < -0.39 is 0 Å². The van der Waals surface area contributed by atoms with Crippen LogP contribution in [-0.4, -0.2) is 29.4 Å². The number of rotatable bonds is 6. The zero-order chi connectivity index (χ0) is 18.5. The summed E-state index contributed by atoms with van der Waals surface area (Å²) >= 11 is 0. The monoisotopic (exact) mass is 351 g/mol. The van der Waals surface area contributed by atoms with Crippen molar-refractivity contribution in [2.24, 2.45) is 0 Å².